The smallest absolute Gasteiger partial charge is 0.115 e. The summed E-state index contributed by atoms with van der Waals surface area (Å²) in [4.78, 5) is 9.39. The zero-order valence-corrected chi connectivity index (χ0v) is 12.1. The van der Waals surface area contributed by atoms with E-state index in [2.05, 4.69) is 10.3 Å². The summed E-state index contributed by atoms with van der Waals surface area (Å²) >= 11 is 0. The molecule has 4 aliphatic carbocycles. The molecule has 106 valence electrons. The van der Waals surface area contributed by atoms with Crippen LogP contribution in [0.1, 0.15) is 55.5 Å². The first kappa shape index (κ1) is 11.7. The summed E-state index contributed by atoms with van der Waals surface area (Å²) in [5.74, 6) is 2.97. The molecule has 0 saturated heterocycles. The minimum absolute atomic E-state index is 0.417. The second-order valence-electron chi connectivity index (χ2n) is 7.77. The molecule has 0 atom stereocenters. The van der Waals surface area contributed by atoms with Crippen LogP contribution in [0.3, 0.4) is 0 Å². The van der Waals surface area contributed by atoms with E-state index in [0.29, 0.717) is 5.41 Å². The summed E-state index contributed by atoms with van der Waals surface area (Å²) in [5, 5.41) is 3.53. The van der Waals surface area contributed by atoms with Crippen LogP contribution in [-0.2, 0) is 18.4 Å². The average molecular weight is 269 g/mol. The van der Waals surface area contributed by atoms with Crippen molar-refractivity contribution in [1.82, 2.24) is 15.3 Å². The Kier molecular flexibility index (Phi) is 2.35. The van der Waals surface area contributed by atoms with Crippen LogP contribution in [0.4, 0.5) is 0 Å². The molecule has 0 unspecified atom stereocenters. The number of nitrogens with one attached hydrogen (secondary N) is 1. The van der Waals surface area contributed by atoms with E-state index in [1.54, 1.807) is 0 Å². The summed E-state index contributed by atoms with van der Waals surface area (Å²) in [7, 11) is 0. The van der Waals surface area contributed by atoms with Crippen molar-refractivity contribution in [3.05, 3.63) is 23.3 Å². The first-order valence-electron chi connectivity index (χ1n) is 8.36. The van der Waals surface area contributed by atoms with Crippen molar-refractivity contribution in [2.24, 2.45) is 17.8 Å². The molecule has 5 aliphatic rings. The van der Waals surface area contributed by atoms with Crippen molar-refractivity contribution >= 4 is 0 Å². The Labute approximate surface area is 120 Å². The summed E-state index contributed by atoms with van der Waals surface area (Å²) in [6.07, 6.45) is 11.7. The van der Waals surface area contributed by atoms with E-state index in [0.717, 1.165) is 37.3 Å². The van der Waals surface area contributed by atoms with Crippen molar-refractivity contribution in [2.75, 3.05) is 6.54 Å². The van der Waals surface area contributed by atoms with E-state index in [9.17, 15) is 0 Å². The van der Waals surface area contributed by atoms with Gasteiger partial charge in [0, 0.05) is 36.2 Å². The van der Waals surface area contributed by atoms with Gasteiger partial charge in [-0.1, -0.05) is 0 Å². The van der Waals surface area contributed by atoms with Gasteiger partial charge >= 0.3 is 0 Å². The van der Waals surface area contributed by atoms with E-state index in [1.165, 1.54) is 55.5 Å². The third kappa shape index (κ3) is 1.56. The molecule has 3 nitrogen and oxygen atoms in total. The molecule has 1 aromatic heterocycles. The fourth-order valence-corrected chi connectivity index (χ4v) is 6.13. The Bertz CT molecular complexity index is 516. The Morgan fingerprint density at radius 3 is 2.40 bits per heavy atom. The molecule has 1 aliphatic heterocycles. The highest BCUT2D eigenvalue weighted by molar-refractivity contribution is 5.35. The highest BCUT2D eigenvalue weighted by Crippen LogP contribution is 2.60. The molecular formula is C17H23N3. The van der Waals surface area contributed by atoms with Gasteiger partial charge in [0.05, 0.1) is 5.69 Å². The molecule has 1 aromatic rings. The number of nitrogens with zero attached hydrogens (tertiary/aromatic N) is 2. The maximum atomic E-state index is 4.83. The lowest BCUT2D eigenvalue weighted by Gasteiger charge is -2.57. The summed E-state index contributed by atoms with van der Waals surface area (Å²) in [5.41, 5.74) is 4.64. The van der Waals surface area contributed by atoms with E-state index in [1.807, 2.05) is 6.33 Å². The van der Waals surface area contributed by atoms with Gasteiger partial charge in [-0.15, -0.1) is 0 Å². The molecule has 20 heavy (non-hydrogen) atoms. The van der Waals surface area contributed by atoms with Crippen LogP contribution in [0.15, 0.2) is 6.33 Å². The van der Waals surface area contributed by atoms with Crippen LogP contribution in [0, 0.1) is 17.8 Å². The topological polar surface area (TPSA) is 37.8 Å². The molecule has 6 rings (SSSR count). The van der Waals surface area contributed by atoms with Crippen LogP contribution in [0.25, 0.3) is 0 Å². The number of fused-ring (bicyclic) bond motifs is 1. The highest BCUT2D eigenvalue weighted by atomic mass is 14.9. The van der Waals surface area contributed by atoms with Gasteiger partial charge in [-0.3, -0.25) is 0 Å². The quantitative estimate of drug-likeness (QED) is 0.851. The fraction of sp³-hybridized carbons (Fsp3) is 0.765. The van der Waals surface area contributed by atoms with Gasteiger partial charge < -0.3 is 5.32 Å². The predicted octanol–water partition coefficient (Wildman–Crippen LogP) is 2.59. The molecular weight excluding hydrogens is 246 g/mol. The van der Waals surface area contributed by atoms with E-state index in [4.69, 9.17) is 4.98 Å². The summed E-state index contributed by atoms with van der Waals surface area (Å²) in [6, 6.07) is 0. The molecule has 1 N–H and O–H groups in total. The van der Waals surface area contributed by atoms with Gasteiger partial charge in [0.1, 0.15) is 6.33 Å². The molecule has 4 fully saturated rings. The lowest BCUT2D eigenvalue weighted by molar-refractivity contribution is -0.00785. The second-order valence-corrected chi connectivity index (χ2v) is 7.77. The van der Waals surface area contributed by atoms with E-state index < -0.39 is 0 Å². The monoisotopic (exact) mass is 269 g/mol. The molecule has 0 radical (unpaired) electrons. The number of hydrogen-bond acceptors (Lipinski definition) is 3. The van der Waals surface area contributed by atoms with E-state index >= 15 is 0 Å². The highest BCUT2D eigenvalue weighted by Gasteiger charge is 2.53. The van der Waals surface area contributed by atoms with Crippen LogP contribution in [0.2, 0.25) is 0 Å². The van der Waals surface area contributed by atoms with Gasteiger partial charge in [-0.2, -0.15) is 0 Å². The third-order valence-corrected chi connectivity index (χ3v) is 6.42. The standard InChI is InChI=1S/C17H23N3/c1-2-18-9-14-15(1)19-10-20-16(14)17-6-11-3-12(7-17)5-13(4-11)8-17/h10-13,18H,1-9H2. The normalized spacial score (nSPS) is 41.7. The minimum atomic E-state index is 0.417. The van der Waals surface area contributed by atoms with Gasteiger partial charge in [0.25, 0.3) is 0 Å². The van der Waals surface area contributed by atoms with Crippen molar-refractivity contribution in [1.29, 1.82) is 0 Å². The number of hydrogen-bond donors (Lipinski definition) is 1. The lowest BCUT2D eigenvalue weighted by atomic mass is 9.48. The number of rotatable bonds is 1. The van der Waals surface area contributed by atoms with Gasteiger partial charge in [0.2, 0.25) is 0 Å². The molecule has 4 saturated carbocycles. The Hall–Kier alpha value is -0.960. The van der Waals surface area contributed by atoms with Crippen LogP contribution in [-0.4, -0.2) is 16.5 Å². The predicted molar refractivity (Wildman–Crippen MR) is 77.3 cm³/mol. The SMILES string of the molecule is c1nc2c(c(C34CC5CC(CC(C5)C3)C4)n1)CNCC2. The molecule has 3 heteroatoms. The maximum Gasteiger partial charge on any atom is 0.115 e. The van der Waals surface area contributed by atoms with Crippen molar-refractivity contribution in [2.45, 2.75) is 56.9 Å². The van der Waals surface area contributed by atoms with Gasteiger partial charge in [-0.05, 0) is 56.3 Å². The Balaban J connectivity index is 1.63. The van der Waals surface area contributed by atoms with E-state index in [-0.39, 0.29) is 0 Å². The fourth-order valence-electron chi connectivity index (χ4n) is 6.13. The Morgan fingerprint density at radius 2 is 1.70 bits per heavy atom. The van der Waals surface area contributed by atoms with Gasteiger partial charge in [-0.25, -0.2) is 9.97 Å². The maximum absolute atomic E-state index is 4.83. The molecule has 0 amide bonds. The lowest BCUT2D eigenvalue weighted by Crippen LogP contribution is -2.49. The zero-order valence-electron chi connectivity index (χ0n) is 12.1. The summed E-state index contributed by atoms with van der Waals surface area (Å²) < 4.78 is 0. The zero-order chi connectivity index (χ0) is 13.2. The van der Waals surface area contributed by atoms with Crippen LogP contribution >= 0.6 is 0 Å². The molecule has 0 aromatic carbocycles. The molecule has 0 spiro atoms. The van der Waals surface area contributed by atoms with Crippen molar-refractivity contribution in [3.63, 3.8) is 0 Å². The largest absolute Gasteiger partial charge is 0.312 e. The average Bonchev–Trinajstić information content (AvgIpc) is 2.45. The molecule has 4 bridgehead atoms. The first-order chi connectivity index (χ1) is 9.82. The second kappa shape index (κ2) is 4.03. The summed E-state index contributed by atoms with van der Waals surface area (Å²) in [6.45, 7) is 2.07. The van der Waals surface area contributed by atoms with Gasteiger partial charge in [0.15, 0.2) is 0 Å². The molecule has 2 heterocycles. The van der Waals surface area contributed by atoms with Crippen LogP contribution in [0.5, 0.6) is 0 Å². The van der Waals surface area contributed by atoms with Crippen molar-refractivity contribution < 1.29 is 0 Å². The minimum Gasteiger partial charge on any atom is -0.312 e. The van der Waals surface area contributed by atoms with Crippen LogP contribution < -0.4 is 5.32 Å². The Morgan fingerprint density at radius 1 is 1.00 bits per heavy atom. The third-order valence-electron chi connectivity index (χ3n) is 6.42. The first-order valence-corrected chi connectivity index (χ1v) is 8.36. The number of aromatic nitrogens is 2. The van der Waals surface area contributed by atoms with Crippen molar-refractivity contribution in [3.8, 4) is 0 Å².